The standard InChI is InChI=1S/C4H6O2.C2H6O2.CHClO2/c1-3(2)4(5)6;3-1-2-4;2-1(3)4/h1H2,2H3,(H,5,6);3-4H,1-2H2;(H,3,4)/p-2. The summed E-state index contributed by atoms with van der Waals surface area (Å²) in [6, 6.07) is 0. The van der Waals surface area contributed by atoms with Gasteiger partial charge in [-0.2, -0.15) is 0 Å². The lowest BCUT2D eigenvalue weighted by Crippen LogP contribution is -2.22. The second kappa shape index (κ2) is 14.4. The predicted octanol–water partition coefficient (Wildman–Crippen LogP) is -2.15. The van der Waals surface area contributed by atoms with E-state index in [4.69, 9.17) is 20.1 Å². The Balaban J connectivity index is -0.000000135. The van der Waals surface area contributed by atoms with Crippen molar-refractivity contribution >= 4 is 23.0 Å². The first-order chi connectivity index (χ1) is 6.29. The Kier molecular flexibility index (Phi) is 19.2. The van der Waals surface area contributed by atoms with Crippen molar-refractivity contribution in [2.75, 3.05) is 13.2 Å². The lowest BCUT2D eigenvalue weighted by atomic mass is 10.4. The summed E-state index contributed by atoms with van der Waals surface area (Å²) < 4.78 is 0. The van der Waals surface area contributed by atoms with Crippen LogP contribution >= 0.6 is 11.6 Å². The molecule has 0 aliphatic carbocycles. The number of carboxylic acids is 1. The maximum absolute atomic E-state index is 9.49. The molecule has 0 aromatic rings. The second-order valence-electron chi connectivity index (χ2n) is 1.75. The van der Waals surface area contributed by atoms with Crippen LogP contribution < -0.4 is 10.2 Å². The van der Waals surface area contributed by atoms with E-state index in [-0.39, 0.29) is 18.8 Å². The third-order valence-electron chi connectivity index (χ3n) is 0.448. The minimum atomic E-state index is -1.61. The van der Waals surface area contributed by atoms with Crippen LogP contribution in [0.3, 0.4) is 0 Å². The van der Waals surface area contributed by atoms with E-state index in [1.165, 1.54) is 6.92 Å². The fourth-order valence-corrected chi connectivity index (χ4v) is 0. The molecule has 2 N–H and O–H groups in total. The molecule has 7 heteroatoms. The highest BCUT2D eigenvalue weighted by Crippen LogP contribution is 1.77. The van der Waals surface area contributed by atoms with Crippen molar-refractivity contribution in [1.82, 2.24) is 0 Å². The third-order valence-corrected chi connectivity index (χ3v) is 0.448. The van der Waals surface area contributed by atoms with Gasteiger partial charge in [0.25, 0.3) is 0 Å². The number of halogens is 1. The highest BCUT2D eigenvalue weighted by atomic mass is 35.5. The molecule has 6 nitrogen and oxygen atoms in total. The zero-order valence-corrected chi connectivity index (χ0v) is 8.28. The largest absolute Gasteiger partial charge is 0.545 e. The van der Waals surface area contributed by atoms with E-state index >= 15 is 0 Å². The predicted molar refractivity (Wildman–Crippen MR) is 45.2 cm³/mol. The molecule has 14 heavy (non-hydrogen) atoms. The molecule has 0 saturated heterocycles. The lowest BCUT2D eigenvalue weighted by molar-refractivity contribution is -0.299. The molecular formula is C7H11ClO6-2. The van der Waals surface area contributed by atoms with Crippen molar-refractivity contribution < 1.29 is 30.0 Å². The van der Waals surface area contributed by atoms with E-state index in [9.17, 15) is 9.90 Å². The molecule has 0 aliphatic heterocycles. The number of aliphatic hydroxyl groups is 2. The summed E-state index contributed by atoms with van der Waals surface area (Å²) in [7, 11) is 0. The van der Waals surface area contributed by atoms with Crippen LogP contribution in [0.5, 0.6) is 0 Å². The van der Waals surface area contributed by atoms with Gasteiger partial charge in [0.15, 0.2) is 0 Å². The molecule has 0 bridgehead atoms. The zero-order valence-electron chi connectivity index (χ0n) is 7.53. The Morgan fingerprint density at radius 3 is 1.43 bits per heavy atom. The summed E-state index contributed by atoms with van der Waals surface area (Å²) in [5, 5.41) is 33.4. The summed E-state index contributed by atoms with van der Waals surface area (Å²) in [6.45, 7) is 4.23. The van der Waals surface area contributed by atoms with E-state index in [0.717, 1.165) is 0 Å². The van der Waals surface area contributed by atoms with Crippen LogP contribution in [-0.4, -0.2) is 34.8 Å². The highest BCUT2D eigenvalue weighted by Gasteiger charge is 1.76. The van der Waals surface area contributed by atoms with Crippen LogP contribution in [0.1, 0.15) is 6.92 Å². The van der Waals surface area contributed by atoms with Gasteiger partial charge in [0.2, 0.25) is 0 Å². The SMILES string of the molecule is C=C(C)C(=O)[O-].O=C([O-])Cl.OCCO. The number of hydrogen-bond donors (Lipinski definition) is 2. The van der Waals surface area contributed by atoms with Gasteiger partial charge >= 0.3 is 0 Å². The quantitative estimate of drug-likeness (QED) is 0.409. The van der Waals surface area contributed by atoms with E-state index in [2.05, 4.69) is 18.2 Å². The van der Waals surface area contributed by atoms with Gasteiger partial charge in [-0.3, -0.25) is 0 Å². The maximum Gasteiger partial charge on any atom is 0.134 e. The molecule has 0 unspecified atom stereocenters. The summed E-state index contributed by atoms with van der Waals surface area (Å²) in [5.74, 6) is -1.19. The Morgan fingerprint density at radius 2 is 1.43 bits per heavy atom. The number of carbonyl (C=O) groups excluding carboxylic acids is 2. The van der Waals surface area contributed by atoms with Crippen molar-refractivity contribution in [3.63, 3.8) is 0 Å². The topological polar surface area (TPSA) is 121 Å². The molecule has 0 spiro atoms. The van der Waals surface area contributed by atoms with Crippen LogP contribution in [0.25, 0.3) is 0 Å². The van der Waals surface area contributed by atoms with Crippen molar-refractivity contribution in [3.8, 4) is 0 Å². The molecule has 0 aliphatic rings. The normalized spacial score (nSPS) is 7.14. The molecule has 84 valence electrons. The first-order valence-corrected chi connectivity index (χ1v) is 3.62. The Hall–Kier alpha value is -1.11. The van der Waals surface area contributed by atoms with Crippen LogP contribution in [0.4, 0.5) is 4.79 Å². The average molecular weight is 227 g/mol. The van der Waals surface area contributed by atoms with Gasteiger partial charge in [0.1, 0.15) is 5.43 Å². The number of carboxylic acid groups (broad SMARTS) is 2. The number of rotatable bonds is 2. The van der Waals surface area contributed by atoms with Gasteiger partial charge in [-0.05, 0) is 12.5 Å². The molecule has 0 aromatic heterocycles. The van der Waals surface area contributed by atoms with E-state index in [1.807, 2.05) is 0 Å². The van der Waals surface area contributed by atoms with Gasteiger partial charge in [-0.1, -0.05) is 18.2 Å². The number of aliphatic hydroxyl groups excluding tert-OH is 2. The van der Waals surface area contributed by atoms with Crippen LogP contribution in [0.15, 0.2) is 12.2 Å². The maximum atomic E-state index is 9.49. The van der Waals surface area contributed by atoms with Gasteiger partial charge in [0, 0.05) is 0 Å². The number of carbonyl (C=O) groups is 2. The van der Waals surface area contributed by atoms with Crippen LogP contribution in [0.2, 0.25) is 0 Å². The summed E-state index contributed by atoms with van der Waals surface area (Å²) in [4.78, 5) is 18.1. The van der Waals surface area contributed by atoms with Gasteiger partial charge in [-0.15, -0.1) is 0 Å². The summed E-state index contributed by atoms with van der Waals surface area (Å²) in [5.41, 5.74) is -1.55. The van der Waals surface area contributed by atoms with Crippen molar-refractivity contribution in [1.29, 1.82) is 0 Å². The Labute approximate surface area is 86.1 Å². The van der Waals surface area contributed by atoms with Crippen molar-refractivity contribution in [2.24, 2.45) is 0 Å². The summed E-state index contributed by atoms with van der Waals surface area (Å²) in [6.07, 6.45) is 0. The molecule has 0 heterocycles. The molecule has 0 aromatic carbocycles. The Bertz CT molecular complexity index is 161. The number of aliphatic carboxylic acids is 1. The second-order valence-corrected chi connectivity index (χ2v) is 2.06. The molecule has 0 atom stereocenters. The molecular weight excluding hydrogens is 216 g/mol. The van der Waals surface area contributed by atoms with E-state index < -0.39 is 11.4 Å². The molecule has 0 saturated carbocycles. The average Bonchev–Trinajstić information content (AvgIpc) is 2.03. The highest BCUT2D eigenvalue weighted by molar-refractivity contribution is 6.59. The van der Waals surface area contributed by atoms with Gasteiger partial charge < -0.3 is 30.0 Å². The smallest absolute Gasteiger partial charge is 0.134 e. The zero-order chi connectivity index (χ0) is 12.1. The monoisotopic (exact) mass is 226 g/mol. The fourth-order valence-electron chi connectivity index (χ4n) is 0. The minimum absolute atomic E-state index is 0.0648. The first-order valence-electron chi connectivity index (χ1n) is 3.24. The van der Waals surface area contributed by atoms with Crippen molar-refractivity contribution in [3.05, 3.63) is 12.2 Å². The molecule has 0 radical (unpaired) electrons. The van der Waals surface area contributed by atoms with Crippen molar-refractivity contribution in [2.45, 2.75) is 6.92 Å². The molecule has 0 fully saturated rings. The molecule has 0 rings (SSSR count). The van der Waals surface area contributed by atoms with Gasteiger partial charge in [0.05, 0.1) is 19.2 Å². The number of hydrogen-bond acceptors (Lipinski definition) is 6. The third kappa shape index (κ3) is 70.4. The van der Waals surface area contributed by atoms with E-state index in [1.54, 1.807) is 0 Å². The molecule has 0 amide bonds. The first kappa shape index (κ1) is 18.6. The lowest BCUT2D eigenvalue weighted by Gasteiger charge is -1.93. The Morgan fingerprint density at radius 1 is 1.29 bits per heavy atom. The van der Waals surface area contributed by atoms with Crippen LogP contribution in [-0.2, 0) is 4.79 Å². The van der Waals surface area contributed by atoms with E-state index in [0.29, 0.717) is 0 Å². The summed E-state index contributed by atoms with van der Waals surface area (Å²) >= 11 is 4.08. The van der Waals surface area contributed by atoms with Gasteiger partial charge in [-0.25, -0.2) is 0 Å². The minimum Gasteiger partial charge on any atom is -0.545 e. The van der Waals surface area contributed by atoms with Crippen LogP contribution in [0, 0.1) is 0 Å². The fraction of sp³-hybridized carbons (Fsp3) is 0.429.